The Morgan fingerprint density at radius 3 is 2.60 bits per heavy atom. The molecule has 5 heteroatoms. The normalized spacial score (nSPS) is 23.6. The smallest absolute Gasteiger partial charge is 0.410 e. The van der Waals surface area contributed by atoms with Crippen LogP contribution in [0.2, 0.25) is 0 Å². The molecule has 0 spiro atoms. The minimum atomic E-state index is -0.477. The third-order valence-corrected chi connectivity index (χ3v) is 3.48. The van der Waals surface area contributed by atoms with E-state index in [1.54, 1.807) is 4.90 Å². The van der Waals surface area contributed by atoms with Crippen molar-refractivity contribution in [2.24, 2.45) is 0 Å². The van der Waals surface area contributed by atoms with Crippen molar-refractivity contribution < 1.29 is 14.3 Å². The van der Waals surface area contributed by atoms with Crippen LogP contribution in [-0.4, -0.2) is 41.9 Å². The number of nitrogens with zero attached hydrogens (tertiary/aromatic N) is 1. The molecule has 1 amide bonds. The first-order valence-corrected chi connectivity index (χ1v) is 7.50. The van der Waals surface area contributed by atoms with E-state index in [0.717, 1.165) is 19.3 Å². The van der Waals surface area contributed by atoms with Gasteiger partial charge in [0.2, 0.25) is 0 Å². The fourth-order valence-electron chi connectivity index (χ4n) is 2.32. The van der Waals surface area contributed by atoms with Crippen LogP contribution in [0.4, 0.5) is 4.79 Å². The van der Waals surface area contributed by atoms with Crippen LogP contribution in [0, 0.1) is 0 Å². The maximum absolute atomic E-state index is 12.2. The number of carbonyl (C=O) groups is 1. The van der Waals surface area contributed by atoms with Crippen LogP contribution in [0.3, 0.4) is 0 Å². The van der Waals surface area contributed by atoms with Crippen LogP contribution >= 0.6 is 11.6 Å². The molecule has 116 valence electrons. The van der Waals surface area contributed by atoms with Crippen molar-refractivity contribution in [2.75, 3.05) is 19.7 Å². The number of rotatable bonds is 4. The monoisotopic (exact) mass is 303 g/mol. The molecule has 1 aliphatic rings. The van der Waals surface area contributed by atoms with Gasteiger partial charge < -0.3 is 14.4 Å². The highest BCUT2D eigenvalue weighted by Gasteiger charge is 2.38. The molecule has 0 N–H and O–H groups in total. The first-order valence-electron chi connectivity index (χ1n) is 7.13. The SMILES string of the molecule is C=C(Cl)COC1(CC)CCCN(C(=O)OC(C)(C)C)C1. The van der Waals surface area contributed by atoms with Crippen molar-refractivity contribution in [1.29, 1.82) is 0 Å². The second-order valence-corrected chi connectivity index (χ2v) is 6.88. The maximum Gasteiger partial charge on any atom is 0.410 e. The Kier molecular flexibility index (Phi) is 5.90. The fourth-order valence-corrected chi connectivity index (χ4v) is 2.37. The molecule has 1 aliphatic heterocycles. The summed E-state index contributed by atoms with van der Waals surface area (Å²) in [5.41, 5.74) is -0.818. The van der Waals surface area contributed by atoms with Gasteiger partial charge in [-0.05, 0) is 40.0 Å². The van der Waals surface area contributed by atoms with Gasteiger partial charge in [0.15, 0.2) is 0 Å². The summed E-state index contributed by atoms with van der Waals surface area (Å²) in [5, 5.41) is 0.479. The summed E-state index contributed by atoms with van der Waals surface area (Å²) in [4.78, 5) is 13.9. The minimum absolute atomic E-state index is 0.275. The Labute approximate surface area is 127 Å². The molecule has 1 fully saturated rings. The van der Waals surface area contributed by atoms with Crippen molar-refractivity contribution in [2.45, 2.75) is 58.2 Å². The number of amides is 1. The molecule has 1 atom stereocenters. The predicted octanol–water partition coefficient (Wildman–Crippen LogP) is 3.94. The second kappa shape index (κ2) is 6.81. The third-order valence-electron chi connectivity index (χ3n) is 3.37. The average molecular weight is 304 g/mol. The van der Waals surface area contributed by atoms with Crippen LogP contribution in [-0.2, 0) is 9.47 Å². The van der Waals surface area contributed by atoms with E-state index in [2.05, 4.69) is 13.5 Å². The van der Waals surface area contributed by atoms with Crippen molar-refractivity contribution in [3.05, 3.63) is 11.6 Å². The molecule has 0 aromatic carbocycles. The van der Waals surface area contributed by atoms with Gasteiger partial charge in [-0.1, -0.05) is 25.1 Å². The Morgan fingerprint density at radius 1 is 1.45 bits per heavy atom. The van der Waals surface area contributed by atoms with Crippen molar-refractivity contribution in [3.8, 4) is 0 Å². The molecule has 0 saturated carbocycles. The summed E-state index contributed by atoms with van der Waals surface area (Å²) >= 11 is 5.78. The molecule has 0 radical (unpaired) electrons. The lowest BCUT2D eigenvalue weighted by Gasteiger charge is -2.42. The van der Waals surface area contributed by atoms with Gasteiger partial charge in [-0.2, -0.15) is 0 Å². The van der Waals surface area contributed by atoms with Crippen molar-refractivity contribution >= 4 is 17.7 Å². The van der Waals surface area contributed by atoms with Gasteiger partial charge in [0.1, 0.15) is 5.60 Å². The van der Waals surface area contributed by atoms with E-state index in [1.807, 2.05) is 20.8 Å². The number of carbonyl (C=O) groups excluding carboxylic acids is 1. The maximum atomic E-state index is 12.2. The Hall–Kier alpha value is -0.740. The first kappa shape index (κ1) is 17.3. The molecule has 1 saturated heterocycles. The zero-order valence-electron chi connectivity index (χ0n) is 13.0. The molecular formula is C15H26ClNO3. The quantitative estimate of drug-likeness (QED) is 0.789. The summed E-state index contributed by atoms with van der Waals surface area (Å²) in [7, 11) is 0. The van der Waals surface area contributed by atoms with Gasteiger partial charge in [0, 0.05) is 11.6 Å². The van der Waals surface area contributed by atoms with E-state index >= 15 is 0 Å². The summed E-state index contributed by atoms with van der Waals surface area (Å²) in [6.45, 7) is 12.9. The first-order chi connectivity index (χ1) is 9.17. The number of hydrogen-bond donors (Lipinski definition) is 0. The van der Waals surface area contributed by atoms with Gasteiger partial charge >= 0.3 is 6.09 Å². The number of piperidine rings is 1. The van der Waals surface area contributed by atoms with Gasteiger partial charge in [-0.3, -0.25) is 0 Å². The zero-order valence-corrected chi connectivity index (χ0v) is 13.8. The lowest BCUT2D eigenvalue weighted by molar-refractivity contribution is -0.0844. The van der Waals surface area contributed by atoms with Crippen LogP contribution in [0.25, 0.3) is 0 Å². The molecule has 0 aromatic rings. The van der Waals surface area contributed by atoms with Gasteiger partial charge in [-0.25, -0.2) is 4.79 Å². The standard InChI is InChI=1S/C15H26ClNO3/c1-6-15(19-10-12(2)16)8-7-9-17(11-15)13(18)20-14(3,4)5/h2,6-11H2,1,3-5H3. The van der Waals surface area contributed by atoms with Crippen molar-refractivity contribution in [3.63, 3.8) is 0 Å². The van der Waals surface area contributed by atoms with Crippen molar-refractivity contribution in [1.82, 2.24) is 4.90 Å². The topological polar surface area (TPSA) is 38.8 Å². The van der Waals surface area contributed by atoms with E-state index in [4.69, 9.17) is 21.1 Å². The molecule has 1 heterocycles. The van der Waals surface area contributed by atoms with Gasteiger partial charge in [-0.15, -0.1) is 0 Å². The van der Waals surface area contributed by atoms with E-state index in [0.29, 0.717) is 24.7 Å². The highest BCUT2D eigenvalue weighted by Crippen LogP contribution is 2.30. The highest BCUT2D eigenvalue weighted by atomic mass is 35.5. The molecule has 0 aliphatic carbocycles. The van der Waals surface area contributed by atoms with Crippen LogP contribution in [0.5, 0.6) is 0 Å². The number of halogens is 1. The number of hydrogen-bond acceptors (Lipinski definition) is 3. The van der Waals surface area contributed by atoms with E-state index in [-0.39, 0.29) is 11.7 Å². The van der Waals surface area contributed by atoms with Crippen LogP contribution in [0.1, 0.15) is 47.0 Å². The fraction of sp³-hybridized carbons (Fsp3) is 0.800. The molecule has 20 heavy (non-hydrogen) atoms. The lowest BCUT2D eigenvalue weighted by atomic mass is 9.90. The van der Waals surface area contributed by atoms with Gasteiger partial charge in [0.05, 0.1) is 18.8 Å². The Bertz CT molecular complexity index is 365. The summed E-state index contributed by atoms with van der Waals surface area (Å²) in [6.07, 6.45) is 2.38. The lowest BCUT2D eigenvalue weighted by Crippen LogP contribution is -2.52. The molecule has 0 aromatic heterocycles. The number of likely N-dealkylation sites (tertiary alicyclic amines) is 1. The largest absolute Gasteiger partial charge is 0.444 e. The highest BCUT2D eigenvalue weighted by molar-refractivity contribution is 6.29. The molecular weight excluding hydrogens is 278 g/mol. The molecule has 4 nitrogen and oxygen atoms in total. The van der Waals surface area contributed by atoms with Crippen LogP contribution < -0.4 is 0 Å². The average Bonchev–Trinajstić information content (AvgIpc) is 2.34. The van der Waals surface area contributed by atoms with Gasteiger partial charge in [0.25, 0.3) is 0 Å². The molecule has 1 unspecified atom stereocenters. The second-order valence-electron chi connectivity index (χ2n) is 6.35. The van der Waals surface area contributed by atoms with E-state index in [1.165, 1.54) is 0 Å². The van der Waals surface area contributed by atoms with E-state index < -0.39 is 5.60 Å². The third kappa shape index (κ3) is 5.33. The molecule has 1 rings (SSSR count). The summed E-state index contributed by atoms with van der Waals surface area (Å²) in [6, 6.07) is 0. The molecule has 0 bridgehead atoms. The minimum Gasteiger partial charge on any atom is -0.444 e. The Balaban J connectivity index is 2.68. The number of ether oxygens (including phenoxy) is 2. The predicted molar refractivity (Wildman–Crippen MR) is 81.0 cm³/mol. The van der Waals surface area contributed by atoms with E-state index in [9.17, 15) is 4.79 Å². The van der Waals surface area contributed by atoms with Crippen LogP contribution in [0.15, 0.2) is 11.6 Å². The summed E-state index contributed by atoms with van der Waals surface area (Å²) < 4.78 is 11.3. The summed E-state index contributed by atoms with van der Waals surface area (Å²) in [5.74, 6) is 0. The Morgan fingerprint density at radius 2 is 2.10 bits per heavy atom. The zero-order chi connectivity index (χ0) is 15.4.